The van der Waals surface area contributed by atoms with E-state index in [9.17, 15) is 24.0 Å². The lowest BCUT2D eigenvalue weighted by Crippen LogP contribution is -2.54. The second-order valence-corrected chi connectivity index (χ2v) is 8.42. The Morgan fingerprint density at radius 1 is 1.13 bits per heavy atom. The molecule has 10 heteroatoms. The molecule has 0 aromatic heterocycles. The molecule has 1 atom stereocenters. The number of piperidine rings is 1. The number of nitrogens with one attached hydrogen (secondary N) is 3. The molecule has 0 bridgehead atoms. The number of alkyl carbamates (subject to hydrolysis) is 1. The topological polar surface area (TPSA) is 134 Å². The summed E-state index contributed by atoms with van der Waals surface area (Å²) in [4.78, 5) is 61.5. The number of hydrogen-bond donors (Lipinski definition) is 3. The maximum Gasteiger partial charge on any atom is 0.407 e. The predicted molar refractivity (Wildman–Crippen MR) is 110 cm³/mol. The van der Waals surface area contributed by atoms with Gasteiger partial charge in [-0.2, -0.15) is 0 Å². The highest BCUT2D eigenvalue weighted by Crippen LogP contribution is 2.29. The van der Waals surface area contributed by atoms with E-state index in [1.807, 2.05) is 0 Å². The fourth-order valence-corrected chi connectivity index (χ4v) is 3.41. The molecule has 1 aromatic rings. The van der Waals surface area contributed by atoms with Gasteiger partial charge in [-0.05, 0) is 51.8 Å². The fraction of sp³-hybridized carbons (Fsp3) is 0.476. The fourth-order valence-electron chi connectivity index (χ4n) is 3.41. The van der Waals surface area contributed by atoms with Gasteiger partial charge in [-0.3, -0.25) is 29.4 Å². The molecule has 2 aliphatic heterocycles. The van der Waals surface area contributed by atoms with Crippen molar-refractivity contribution in [3.8, 4) is 0 Å². The first kappa shape index (κ1) is 22.3. The normalized spacial score (nSPS) is 18.5. The van der Waals surface area contributed by atoms with Gasteiger partial charge in [0.05, 0.1) is 11.1 Å². The van der Waals surface area contributed by atoms with Gasteiger partial charge in [-0.1, -0.05) is 0 Å². The summed E-state index contributed by atoms with van der Waals surface area (Å²) in [5, 5.41) is 7.97. The maximum atomic E-state index is 12.8. The Bertz CT molecular complexity index is 936. The van der Waals surface area contributed by atoms with Crippen LogP contribution in [0.4, 0.5) is 10.5 Å². The van der Waals surface area contributed by atoms with Crippen LogP contribution in [0.5, 0.6) is 0 Å². The number of anilines is 1. The Morgan fingerprint density at radius 2 is 1.84 bits per heavy atom. The highest BCUT2D eigenvalue weighted by Gasteiger charge is 2.44. The van der Waals surface area contributed by atoms with Crippen molar-refractivity contribution < 1.29 is 28.7 Å². The number of rotatable bonds is 6. The van der Waals surface area contributed by atoms with Crippen LogP contribution < -0.4 is 16.0 Å². The van der Waals surface area contributed by atoms with Crippen molar-refractivity contribution in [3.63, 3.8) is 0 Å². The van der Waals surface area contributed by atoms with Gasteiger partial charge in [-0.25, -0.2) is 4.79 Å². The number of amides is 5. The van der Waals surface area contributed by atoms with Gasteiger partial charge in [0.2, 0.25) is 11.8 Å². The lowest BCUT2D eigenvalue weighted by molar-refractivity contribution is -0.136. The molecular weight excluding hydrogens is 404 g/mol. The summed E-state index contributed by atoms with van der Waals surface area (Å²) in [6, 6.07) is 3.81. The van der Waals surface area contributed by atoms with E-state index in [1.165, 1.54) is 0 Å². The van der Waals surface area contributed by atoms with Gasteiger partial charge in [-0.15, -0.1) is 0 Å². The van der Waals surface area contributed by atoms with Crippen LogP contribution in [-0.4, -0.2) is 59.4 Å². The van der Waals surface area contributed by atoms with Crippen LogP contribution in [0.15, 0.2) is 18.2 Å². The first-order chi connectivity index (χ1) is 14.6. The highest BCUT2D eigenvalue weighted by molar-refractivity contribution is 6.23. The highest BCUT2D eigenvalue weighted by atomic mass is 16.6. The zero-order chi connectivity index (χ0) is 22.8. The van der Waals surface area contributed by atoms with Gasteiger partial charge in [0.25, 0.3) is 11.8 Å². The van der Waals surface area contributed by atoms with E-state index in [0.717, 1.165) is 4.90 Å². The molecule has 1 saturated heterocycles. The van der Waals surface area contributed by atoms with Gasteiger partial charge in [0.15, 0.2) is 0 Å². The Morgan fingerprint density at radius 3 is 2.52 bits per heavy atom. The molecule has 0 spiro atoms. The number of hydrogen-bond acceptors (Lipinski definition) is 7. The summed E-state index contributed by atoms with van der Waals surface area (Å²) in [6.07, 6.45) is 0.327. The van der Waals surface area contributed by atoms with Crippen molar-refractivity contribution >= 4 is 35.4 Å². The largest absolute Gasteiger partial charge is 0.444 e. The quantitative estimate of drug-likeness (QED) is 0.459. The summed E-state index contributed by atoms with van der Waals surface area (Å²) >= 11 is 0. The molecule has 1 aromatic carbocycles. The number of carbonyl (C=O) groups excluding carboxylic acids is 5. The summed E-state index contributed by atoms with van der Waals surface area (Å²) in [7, 11) is 0. The van der Waals surface area contributed by atoms with E-state index in [0.29, 0.717) is 25.2 Å². The second-order valence-electron chi connectivity index (χ2n) is 8.42. The Labute approximate surface area is 179 Å². The average Bonchev–Trinajstić information content (AvgIpc) is 2.91. The third-order valence-corrected chi connectivity index (χ3v) is 4.79. The summed E-state index contributed by atoms with van der Waals surface area (Å²) in [5.74, 6) is -2.14. The van der Waals surface area contributed by atoms with E-state index in [2.05, 4.69) is 16.0 Å². The van der Waals surface area contributed by atoms with E-state index in [-0.39, 0.29) is 24.0 Å². The number of fused-ring (bicyclic) bond motifs is 1. The first-order valence-corrected chi connectivity index (χ1v) is 10.1. The molecule has 3 rings (SSSR count). The molecule has 31 heavy (non-hydrogen) atoms. The third-order valence-electron chi connectivity index (χ3n) is 4.79. The molecule has 0 aliphatic carbocycles. The van der Waals surface area contributed by atoms with E-state index in [4.69, 9.17) is 4.74 Å². The minimum atomic E-state index is -0.986. The van der Waals surface area contributed by atoms with Crippen molar-refractivity contribution in [1.29, 1.82) is 0 Å². The molecule has 0 saturated carbocycles. The SMILES string of the molecule is CC(C)(C)OC(=O)NCCCNc1ccc2c(c1)C(=O)N(C1CCC(=O)NC1=O)C2=O. The molecule has 1 unspecified atom stereocenters. The Kier molecular flexibility index (Phi) is 6.28. The molecule has 10 nitrogen and oxygen atoms in total. The predicted octanol–water partition coefficient (Wildman–Crippen LogP) is 1.41. The zero-order valence-electron chi connectivity index (χ0n) is 17.7. The number of nitrogens with zero attached hydrogens (tertiary/aromatic N) is 1. The molecule has 2 heterocycles. The van der Waals surface area contributed by atoms with E-state index in [1.54, 1.807) is 39.0 Å². The van der Waals surface area contributed by atoms with Crippen molar-refractivity contribution in [1.82, 2.24) is 15.5 Å². The molecule has 3 N–H and O–H groups in total. The summed E-state index contributed by atoms with van der Waals surface area (Å²) in [5.41, 5.74) is 0.527. The number of benzene rings is 1. The van der Waals surface area contributed by atoms with Crippen LogP contribution in [0.2, 0.25) is 0 Å². The number of imide groups is 2. The van der Waals surface area contributed by atoms with Crippen LogP contribution in [0.3, 0.4) is 0 Å². The smallest absolute Gasteiger partial charge is 0.407 e. The molecule has 166 valence electrons. The third kappa shape index (κ3) is 5.19. The second kappa shape index (κ2) is 8.75. The van der Waals surface area contributed by atoms with Gasteiger partial charge < -0.3 is 15.4 Å². The first-order valence-electron chi connectivity index (χ1n) is 10.1. The van der Waals surface area contributed by atoms with Crippen molar-refractivity contribution in [3.05, 3.63) is 29.3 Å². The van der Waals surface area contributed by atoms with E-state index < -0.39 is 41.4 Å². The van der Waals surface area contributed by atoms with Crippen molar-refractivity contribution in [2.24, 2.45) is 0 Å². The molecule has 0 radical (unpaired) electrons. The van der Waals surface area contributed by atoms with Crippen LogP contribution in [0.25, 0.3) is 0 Å². The molecule has 5 amide bonds. The molecule has 1 fully saturated rings. The minimum Gasteiger partial charge on any atom is -0.444 e. The summed E-state index contributed by atoms with van der Waals surface area (Å²) < 4.78 is 5.16. The standard InChI is InChI=1S/C21H26N4O6/c1-21(2,3)31-20(30)23-10-4-9-22-12-5-6-13-14(11-12)19(29)25(18(13)28)15-7-8-16(26)24-17(15)27/h5-6,11,15,22H,4,7-10H2,1-3H3,(H,23,30)(H,24,26,27). The number of ether oxygens (including phenoxy) is 1. The average molecular weight is 430 g/mol. The van der Waals surface area contributed by atoms with Crippen LogP contribution in [-0.2, 0) is 14.3 Å². The Hall–Kier alpha value is -3.43. The van der Waals surface area contributed by atoms with Crippen LogP contribution >= 0.6 is 0 Å². The van der Waals surface area contributed by atoms with Crippen LogP contribution in [0.1, 0.15) is 60.7 Å². The summed E-state index contributed by atoms with van der Waals surface area (Å²) in [6.45, 7) is 6.29. The number of carbonyl (C=O) groups is 5. The molecular formula is C21H26N4O6. The monoisotopic (exact) mass is 430 g/mol. The van der Waals surface area contributed by atoms with Crippen LogP contribution in [0, 0.1) is 0 Å². The molecule has 2 aliphatic rings. The minimum absolute atomic E-state index is 0.0773. The van der Waals surface area contributed by atoms with Crippen molar-refractivity contribution in [2.75, 3.05) is 18.4 Å². The van der Waals surface area contributed by atoms with Crippen molar-refractivity contribution in [2.45, 2.75) is 51.7 Å². The lowest BCUT2D eigenvalue weighted by atomic mass is 10.0. The Balaban J connectivity index is 1.55. The van der Waals surface area contributed by atoms with E-state index >= 15 is 0 Å². The zero-order valence-corrected chi connectivity index (χ0v) is 17.7. The maximum absolute atomic E-state index is 12.8. The van der Waals surface area contributed by atoms with Gasteiger partial charge >= 0.3 is 6.09 Å². The van der Waals surface area contributed by atoms with Gasteiger partial charge in [0, 0.05) is 25.2 Å². The van der Waals surface area contributed by atoms with Gasteiger partial charge in [0.1, 0.15) is 11.6 Å². The lowest BCUT2D eigenvalue weighted by Gasteiger charge is -2.27.